The zero-order chi connectivity index (χ0) is 22.6. The zero-order valence-electron chi connectivity index (χ0n) is 17.9. The van der Waals surface area contributed by atoms with Gasteiger partial charge < -0.3 is 15.4 Å². The van der Waals surface area contributed by atoms with Crippen molar-refractivity contribution in [2.45, 2.75) is 26.3 Å². The minimum absolute atomic E-state index is 0.236. The first kappa shape index (κ1) is 21.7. The highest BCUT2D eigenvalue weighted by Crippen LogP contribution is 2.32. The summed E-state index contributed by atoms with van der Waals surface area (Å²) in [5.74, 6) is 1.71. The molecule has 1 aliphatic carbocycles. The highest BCUT2D eigenvalue weighted by molar-refractivity contribution is 7.96. The van der Waals surface area contributed by atoms with E-state index in [2.05, 4.69) is 16.6 Å². The number of hydrogen-bond donors (Lipinski definition) is 2. The summed E-state index contributed by atoms with van der Waals surface area (Å²) < 4.78 is 34.1. The number of nitrogens with two attached hydrogens (primary N) is 1. The van der Waals surface area contributed by atoms with Gasteiger partial charge in [0.25, 0.3) is 10.0 Å². The average Bonchev–Trinajstić information content (AvgIpc) is 3.05. The molecule has 0 radical (unpaired) electrons. The first-order valence-electron chi connectivity index (χ1n) is 10.5. The van der Waals surface area contributed by atoms with Crippen LogP contribution in [0.2, 0.25) is 0 Å². The van der Waals surface area contributed by atoms with E-state index in [0.717, 1.165) is 24.2 Å². The van der Waals surface area contributed by atoms with E-state index in [1.807, 2.05) is 35.3 Å². The minimum Gasteiger partial charge on any atom is -0.457 e. The van der Waals surface area contributed by atoms with E-state index < -0.39 is 10.0 Å². The number of nitrogens with zero attached hydrogens (tertiary/aromatic N) is 2. The van der Waals surface area contributed by atoms with Gasteiger partial charge in [0, 0.05) is 24.7 Å². The first-order valence-corrected chi connectivity index (χ1v) is 12.0. The van der Waals surface area contributed by atoms with Gasteiger partial charge in [0.1, 0.15) is 11.5 Å². The molecule has 0 aromatic heterocycles. The third-order valence-corrected chi connectivity index (χ3v) is 6.49. The van der Waals surface area contributed by atoms with Gasteiger partial charge in [-0.15, -0.1) is 0 Å². The van der Waals surface area contributed by atoms with Crippen molar-refractivity contribution in [2.24, 2.45) is 10.7 Å². The van der Waals surface area contributed by atoms with Crippen molar-refractivity contribution in [2.75, 3.05) is 11.3 Å². The fourth-order valence-electron chi connectivity index (χ4n) is 3.54. The van der Waals surface area contributed by atoms with E-state index in [1.54, 1.807) is 42.5 Å². The summed E-state index contributed by atoms with van der Waals surface area (Å²) in [7, 11) is -3.68. The van der Waals surface area contributed by atoms with Crippen LogP contribution in [0.4, 0.5) is 11.4 Å². The Morgan fingerprint density at radius 3 is 2.84 bits per heavy atom. The predicted octanol–water partition coefficient (Wildman–Crippen LogP) is 4.79. The van der Waals surface area contributed by atoms with Crippen LogP contribution < -0.4 is 15.2 Å². The molecule has 3 N–H and O–H groups in total. The number of rotatable bonds is 7. The summed E-state index contributed by atoms with van der Waals surface area (Å²) in [4.78, 5) is 6.74. The number of ether oxygens (including phenoxy) is 1. The number of anilines is 1. The molecule has 32 heavy (non-hydrogen) atoms. The molecule has 2 aliphatic rings. The van der Waals surface area contributed by atoms with E-state index >= 15 is 0 Å². The van der Waals surface area contributed by atoms with Gasteiger partial charge in [-0.1, -0.05) is 37.3 Å². The molecule has 1 heterocycles. The Morgan fingerprint density at radius 1 is 1.16 bits per heavy atom. The number of hydrogen-bond acceptors (Lipinski definition) is 6. The quantitative estimate of drug-likeness (QED) is 0.632. The summed E-state index contributed by atoms with van der Waals surface area (Å²) in [6, 6.07) is 12.5. The molecule has 8 heteroatoms. The molecular weight excluding hydrogens is 424 g/mol. The molecule has 166 valence electrons. The number of aliphatic imine (C=N–C) groups is 1. The van der Waals surface area contributed by atoms with Crippen molar-refractivity contribution in [1.82, 2.24) is 4.90 Å². The molecule has 1 aliphatic heterocycles. The van der Waals surface area contributed by atoms with Crippen LogP contribution in [0.15, 0.2) is 82.7 Å². The summed E-state index contributed by atoms with van der Waals surface area (Å²) in [5, 5.41) is 0. The molecule has 0 atom stereocenters. The molecular formula is C24H26N4O3S. The van der Waals surface area contributed by atoms with Crippen LogP contribution in [-0.2, 0) is 16.6 Å². The van der Waals surface area contributed by atoms with E-state index in [1.165, 1.54) is 0 Å². The van der Waals surface area contributed by atoms with Crippen LogP contribution >= 0.6 is 0 Å². The molecule has 0 fully saturated rings. The summed E-state index contributed by atoms with van der Waals surface area (Å²) in [6.07, 6.45) is 10.2. The largest absolute Gasteiger partial charge is 0.457 e. The van der Waals surface area contributed by atoms with Gasteiger partial charge in [-0.05, 0) is 49.2 Å². The van der Waals surface area contributed by atoms with Crippen LogP contribution in [0.1, 0.15) is 25.3 Å². The van der Waals surface area contributed by atoms with Crippen molar-refractivity contribution < 1.29 is 13.2 Å². The number of benzene rings is 2. The Bertz CT molecular complexity index is 1230. The van der Waals surface area contributed by atoms with Crippen molar-refractivity contribution in [3.63, 3.8) is 0 Å². The lowest BCUT2D eigenvalue weighted by atomic mass is 10.1. The first-order chi connectivity index (χ1) is 15.4. The summed E-state index contributed by atoms with van der Waals surface area (Å²) in [6.45, 7) is 3.61. The van der Waals surface area contributed by atoms with Gasteiger partial charge in [0.15, 0.2) is 5.96 Å². The van der Waals surface area contributed by atoms with Gasteiger partial charge in [0.2, 0.25) is 0 Å². The van der Waals surface area contributed by atoms with Crippen LogP contribution in [0.25, 0.3) is 0 Å². The van der Waals surface area contributed by atoms with Crippen molar-refractivity contribution >= 4 is 27.4 Å². The Labute approximate surface area is 188 Å². The number of guanidine groups is 1. The van der Waals surface area contributed by atoms with Crippen LogP contribution in [0.5, 0.6) is 11.5 Å². The monoisotopic (exact) mass is 450 g/mol. The second-order valence-corrected chi connectivity index (χ2v) is 9.23. The molecule has 4 rings (SSSR count). The summed E-state index contributed by atoms with van der Waals surface area (Å²) in [5.41, 5.74) is 8.34. The van der Waals surface area contributed by atoms with E-state index in [4.69, 9.17) is 10.5 Å². The molecule has 0 saturated carbocycles. The van der Waals surface area contributed by atoms with Gasteiger partial charge in [0.05, 0.1) is 16.3 Å². The standard InChI is InChI=1S/C24H26N4O3S/c1-2-14-28-17-18-15-21(12-13-23(18)26-24(28)25)31-20-9-7-8-19(16-20)27-32(29,30)22-10-5-3-4-6-11-22/h3-5,7-13,15-16,27H,2,6,14,17H2,1H3,(H2,25,26). The third-order valence-electron chi connectivity index (χ3n) is 5.06. The smallest absolute Gasteiger partial charge is 0.261 e. The lowest BCUT2D eigenvalue weighted by Gasteiger charge is -2.28. The minimum atomic E-state index is -3.68. The lowest BCUT2D eigenvalue weighted by Crippen LogP contribution is -2.39. The molecule has 2 aromatic carbocycles. The fraction of sp³-hybridized carbons (Fsp3) is 0.208. The van der Waals surface area contributed by atoms with Crippen molar-refractivity contribution in [1.29, 1.82) is 0 Å². The molecule has 0 spiro atoms. The average molecular weight is 451 g/mol. The number of fused-ring (bicyclic) bond motifs is 1. The van der Waals surface area contributed by atoms with E-state index in [0.29, 0.717) is 36.1 Å². The Kier molecular flexibility index (Phi) is 6.32. The van der Waals surface area contributed by atoms with Gasteiger partial charge in [-0.2, -0.15) is 0 Å². The van der Waals surface area contributed by atoms with Crippen molar-refractivity contribution in [3.8, 4) is 11.5 Å². The van der Waals surface area contributed by atoms with Crippen LogP contribution in [0.3, 0.4) is 0 Å². The maximum Gasteiger partial charge on any atom is 0.261 e. The van der Waals surface area contributed by atoms with Crippen LogP contribution in [0, 0.1) is 0 Å². The lowest BCUT2D eigenvalue weighted by molar-refractivity contribution is 0.400. The Balaban J connectivity index is 1.50. The molecule has 2 aromatic rings. The predicted molar refractivity (Wildman–Crippen MR) is 128 cm³/mol. The Morgan fingerprint density at radius 2 is 2.00 bits per heavy atom. The highest BCUT2D eigenvalue weighted by atomic mass is 32.2. The highest BCUT2D eigenvalue weighted by Gasteiger charge is 2.18. The van der Waals surface area contributed by atoms with Crippen LogP contribution in [-0.4, -0.2) is 25.8 Å². The molecule has 0 amide bonds. The third kappa shape index (κ3) is 5.03. The fourth-order valence-corrected chi connectivity index (χ4v) is 4.67. The molecule has 0 saturated heterocycles. The van der Waals surface area contributed by atoms with E-state index in [9.17, 15) is 8.42 Å². The van der Waals surface area contributed by atoms with E-state index in [-0.39, 0.29) is 4.91 Å². The number of sulfonamides is 1. The maximum absolute atomic E-state index is 12.7. The topological polar surface area (TPSA) is 97.0 Å². The van der Waals surface area contributed by atoms with Gasteiger partial charge >= 0.3 is 0 Å². The maximum atomic E-state index is 12.7. The zero-order valence-corrected chi connectivity index (χ0v) is 18.7. The second-order valence-electron chi connectivity index (χ2n) is 7.55. The number of nitrogens with one attached hydrogen (secondary N) is 1. The SMILES string of the molecule is CCCN1Cc2cc(Oc3cccc(NS(=O)(=O)C4=CCC=CC=C4)c3)ccc2N=C1N. The summed E-state index contributed by atoms with van der Waals surface area (Å²) >= 11 is 0. The molecule has 0 bridgehead atoms. The molecule has 0 unspecified atom stereocenters. The number of allylic oxidation sites excluding steroid dienone is 5. The van der Waals surface area contributed by atoms with Gasteiger partial charge in [-0.3, -0.25) is 4.72 Å². The van der Waals surface area contributed by atoms with Crippen molar-refractivity contribution in [3.05, 3.63) is 83.3 Å². The Hall–Kier alpha value is -3.52. The van der Waals surface area contributed by atoms with Gasteiger partial charge in [-0.25, -0.2) is 13.4 Å². The second kappa shape index (κ2) is 9.32. The molecule has 7 nitrogen and oxygen atoms in total. The normalized spacial score (nSPS) is 15.5.